The molecule has 0 fully saturated rings. The highest BCUT2D eigenvalue weighted by Crippen LogP contribution is 2.20. The molecule has 1 aromatic carbocycles. The van der Waals surface area contributed by atoms with Gasteiger partial charge >= 0.3 is 5.97 Å². The Morgan fingerprint density at radius 1 is 1.43 bits per heavy atom. The van der Waals surface area contributed by atoms with E-state index in [0.29, 0.717) is 22.0 Å². The number of nitrogens with zero attached hydrogens (tertiary/aromatic N) is 1. The average molecular weight is 306 g/mol. The zero-order chi connectivity index (χ0) is 15.4. The predicted molar refractivity (Wildman–Crippen MR) is 78.6 cm³/mol. The Morgan fingerprint density at radius 3 is 2.86 bits per heavy atom. The Hall–Kier alpha value is -2.41. The van der Waals surface area contributed by atoms with Gasteiger partial charge in [-0.3, -0.25) is 14.9 Å². The summed E-state index contributed by atoms with van der Waals surface area (Å²) in [6, 6.07) is 4.59. The molecule has 0 saturated carbocycles. The summed E-state index contributed by atoms with van der Waals surface area (Å²) < 4.78 is 4.55. The number of rotatable bonds is 4. The van der Waals surface area contributed by atoms with Crippen LogP contribution in [0.3, 0.4) is 0 Å². The highest BCUT2D eigenvalue weighted by molar-refractivity contribution is 7.14. The Bertz CT molecular complexity index is 681. The maximum Gasteiger partial charge on any atom is 0.311 e. The van der Waals surface area contributed by atoms with Crippen LogP contribution in [0.1, 0.15) is 21.6 Å². The number of amides is 1. The lowest BCUT2D eigenvalue weighted by atomic mass is 10.1. The van der Waals surface area contributed by atoms with E-state index < -0.39 is 0 Å². The van der Waals surface area contributed by atoms with Crippen molar-refractivity contribution in [2.24, 2.45) is 0 Å². The number of benzene rings is 1. The molecule has 0 aliphatic heterocycles. The molecule has 1 amide bonds. The number of hydrogen-bond acceptors (Lipinski definition) is 6. The Morgan fingerprint density at radius 2 is 2.19 bits per heavy atom. The van der Waals surface area contributed by atoms with Gasteiger partial charge in [-0.15, -0.1) is 11.3 Å². The third-order valence-electron chi connectivity index (χ3n) is 2.78. The van der Waals surface area contributed by atoms with Crippen LogP contribution in [0.15, 0.2) is 23.6 Å². The molecule has 0 spiro atoms. The lowest BCUT2D eigenvalue weighted by Crippen LogP contribution is -2.12. The minimum Gasteiger partial charge on any atom is -0.508 e. The summed E-state index contributed by atoms with van der Waals surface area (Å²) in [7, 11) is 1.31. The molecule has 0 aliphatic rings. The molecular formula is C14H14N2O4S. The van der Waals surface area contributed by atoms with Crippen LogP contribution in [-0.2, 0) is 16.0 Å². The first-order valence-corrected chi connectivity index (χ1v) is 6.99. The van der Waals surface area contributed by atoms with Crippen molar-refractivity contribution >= 4 is 28.3 Å². The molecule has 2 N–H and O–H groups in total. The summed E-state index contributed by atoms with van der Waals surface area (Å²) in [4.78, 5) is 27.3. The maximum atomic E-state index is 12.0. The molecule has 21 heavy (non-hydrogen) atoms. The van der Waals surface area contributed by atoms with Gasteiger partial charge in [-0.05, 0) is 30.7 Å². The molecule has 0 radical (unpaired) electrons. The van der Waals surface area contributed by atoms with Gasteiger partial charge in [-0.1, -0.05) is 0 Å². The van der Waals surface area contributed by atoms with Gasteiger partial charge in [-0.25, -0.2) is 4.98 Å². The predicted octanol–water partition coefficient (Wildman–Crippen LogP) is 2.12. The number of aromatic nitrogens is 1. The van der Waals surface area contributed by atoms with Crippen molar-refractivity contribution in [1.29, 1.82) is 0 Å². The van der Waals surface area contributed by atoms with Crippen molar-refractivity contribution in [1.82, 2.24) is 4.98 Å². The number of thiazole rings is 1. The van der Waals surface area contributed by atoms with E-state index in [1.807, 2.05) is 0 Å². The number of aromatic hydroxyl groups is 1. The van der Waals surface area contributed by atoms with Gasteiger partial charge < -0.3 is 9.84 Å². The van der Waals surface area contributed by atoms with Gasteiger partial charge in [0.05, 0.1) is 19.2 Å². The number of phenolic OH excluding ortho intramolecular Hbond substituents is 1. The molecule has 6 nitrogen and oxygen atoms in total. The summed E-state index contributed by atoms with van der Waals surface area (Å²) >= 11 is 1.23. The van der Waals surface area contributed by atoms with E-state index in [2.05, 4.69) is 15.0 Å². The Kier molecular flexibility index (Phi) is 4.54. The fourth-order valence-corrected chi connectivity index (χ4v) is 2.34. The van der Waals surface area contributed by atoms with Crippen LogP contribution in [0.25, 0.3) is 0 Å². The highest BCUT2D eigenvalue weighted by Gasteiger charge is 2.12. The third kappa shape index (κ3) is 3.79. The molecule has 1 aromatic heterocycles. The van der Waals surface area contributed by atoms with Gasteiger partial charge in [0, 0.05) is 10.9 Å². The molecule has 0 bridgehead atoms. The van der Waals surface area contributed by atoms with E-state index in [4.69, 9.17) is 0 Å². The highest BCUT2D eigenvalue weighted by atomic mass is 32.1. The second-order valence-electron chi connectivity index (χ2n) is 4.35. The summed E-state index contributed by atoms with van der Waals surface area (Å²) in [5.74, 6) is -0.564. The number of phenols is 1. The van der Waals surface area contributed by atoms with Crippen LogP contribution in [0.2, 0.25) is 0 Å². The number of hydrogen-bond donors (Lipinski definition) is 2. The molecule has 0 aliphatic carbocycles. The largest absolute Gasteiger partial charge is 0.508 e. The standard InChI is InChI=1S/C14H14N2O4S/c1-8-5-9(3-4-11(8)17)13(19)16-14-15-10(7-21-14)6-12(18)20-2/h3-5,7,17H,6H2,1-2H3,(H,15,16,19). The van der Waals surface area contributed by atoms with Crippen LogP contribution < -0.4 is 5.32 Å². The second kappa shape index (κ2) is 6.36. The number of anilines is 1. The third-order valence-corrected chi connectivity index (χ3v) is 3.59. The molecule has 0 atom stereocenters. The van der Waals surface area contributed by atoms with Crippen molar-refractivity contribution in [3.05, 3.63) is 40.4 Å². The summed E-state index contributed by atoms with van der Waals surface area (Å²) in [5, 5.41) is 14.2. The van der Waals surface area contributed by atoms with Crippen molar-refractivity contribution in [2.45, 2.75) is 13.3 Å². The zero-order valence-corrected chi connectivity index (χ0v) is 12.4. The lowest BCUT2D eigenvalue weighted by molar-refractivity contribution is -0.139. The molecule has 0 saturated heterocycles. The molecule has 7 heteroatoms. The van der Waals surface area contributed by atoms with E-state index in [1.54, 1.807) is 18.4 Å². The summed E-state index contributed by atoms with van der Waals surface area (Å²) in [6.45, 7) is 1.71. The Balaban J connectivity index is 2.05. The molecule has 1 heterocycles. The van der Waals surface area contributed by atoms with Gasteiger partial charge in [0.1, 0.15) is 5.75 Å². The molecule has 2 rings (SSSR count). The van der Waals surface area contributed by atoms with E-state index in [-0.39, 0.29) is 24.0 Å². The average Bonchev–Trinajstić information content (AvgIpc) is 2.88. The van der Waals surface area contributed by atoms with E-state index >= 15 is 0 Å². The van der Waals surface area contributed by atoms with Crippen molar-refractivity contribution in [2.75, 3.05) is 12.4 Å². The van der Waals surface area contributed by atoms with E-state index in [1.165, 1.54) is 30.6 Å². The minimum atomic E-state index is -0.382. The number of esters is 1. The smallest absolute Gasteiger partial charge is 0.311 e. The van der Waals surface area contributed by atoms with Gasteiger partial charge in [-0.2, -0.15) is 0 Å². The number of ether oxygens (including phenoxy) is 1. The number of nitrogens with one attached hydrogen (secondary N) is 1. The second-order valence-corrected chi connectivity index (χ2v) is 5.21. The van der Waals surface area contributed by atoms with E-state index in [0.717, 1.165) is 0 Å². The fourth-order valence-electron chi connectivity index (χ4n) is 1.63. The van der Waals surface area contributed by atoms with Gasteiger partial charge in [0.25, 0.3) is 5.91 Å². The number of aryl methyl sites for hydroxylation is 1. The molecule has 2 aromatic rings. The SMILES string of the molecule is COC(=O)Cc1csc(NC(=O)c2ccc(O)c(C)c2)n1. The monoisotopic (exact) mass is 306 g/mol. The van der Waals surface area contributed by atoms with Crippen LogP contribution in [0.4, 0.5) is 5.13 Å². The van der Waals surface area contributed by atoms with Gasteiger partial charge in [0.15, 0.2) is 5.13 Å². The van der Waals surface area contributed by atoms with E-state index in [9.17, 15) is 14.7 Å². The quantitative estimate of drug-likeness (QED) is 0.845. The van der Waals surface area contributed by atoms with Gasteiger partial charge in [0.2, 0.25) is 0 Å². The topological polar surface area (TPSA) is 88.5 Å². The Labute approximate surface area is 125 Å². The lowest BCUT2D eigenvalue weighted by Gasteiger charge is -2.04. The molecule has 110 valence electrons. The minimum absolute atomic E-state index is 0.0706. The van der Waals surface area contributed by atoms with Crippen LogP contribution >= 0.6 is 11.3 Å². The summed E-state index contributed by atoms with van der Waals surface area (Å²) in [6.07, 6.45) is 0.0706. The number of carbonyl (C=O) groups is 2. The fraction of sp³-hybridized carbons (Fsp3) is 0.214. The molecular weight excluding hydrogens is 292 g/mol. The zero-order valence-electron chi connectivity index (χ0n) is 11.5. The summed E-state index contributed by atoms with van der Waals surface area (Å²) in [5.41, 5.74) is 1.59. The van der Waals surface area contributed by atoms with Crippen molar-refractivity contribution in [3.8, 4) is 5.75 Å². The number of carbonyl (C=O) groups excluding carboxylic acids is 2. The van der Waals surface area contributed by atoms with Crippen LogP contribution in [-0.4, -0.2) is 29.1 Å². The van der Waals surface area contributed by atoms with Crippen molar-refractivity contribution < 1.29 is 19.4 Å². The first-order valence-electron chi connectivity index (χ1n) is 6.12. The first-order chi connectivity index (χ1) is 9.99. The van der Waals surface area contributed by atoms with Crippen molar-refractivity contribution in [3.63, 3.8) is 0 Å². The first kappa shape index (κ1) is 15.0. The maximum absolute atomic E-state index is 12.0. The normalized spacial score (nSPS) is 10.2. The molecule has 0 unspecified atom stereocenters. The van der Waals surface area contributed by atoms with Crippen LogP contribution in [0.5, 0.6) is 5.75 Å². The van der Waals surface area contributed by atoms with Crippen LogP contribution in [0, 0.1) is 6.92 Å². The number of methoxy groups -OCH3 is 1.